The molecule has 1 N–H and O–H groups in total. The Morgan fingerprint density at radius 3 is 2.40 bits per heavy atom. The zero-order valence-electron chi connectivity index (χ0n) is 14.3. The smallest absolute Gasteiger partial charge is 0.269 e. The second-order valence-corrected chi connectivity index (χ2v) is 6.64. The van der Waals surface area contributed by atoms with Gasteiger partial charge in [0.15, 0.2) is 0 Å². The van der Waals surface area contributed by atoms with E-state index in [1.807, 2.05) is 28.9 Å². The van der Waals surface area contributed by atoms with Crippen LogP contribution in [0.2, 0.25) is 0 Å². The molecule has 3 rings (SSSR count). The van der Waals surface area contributed by atoms with Crippen molar-refractivity contribution in [3.8, 4) is 11.3 Å². The summed E-state index contributed by atoms with van der Waals surface area (Å²) in [5.41, 5.74) is 1.38. The molecule has 0 fully saturated rings. The molecule has 0 saturated carbocycles. The van der Waals surface area contributed by atoms with Crippen molar-refractivity contribution >= 4 is 17.3 Å². The predicted octanol–water partition coefficient (Wildman–Crippen LogP) is 4.35. The standard InChI is InChI=1S/C18H19N5O2/c1-18(2,3)22-17(20-16-6-4-5-11-19-16)12-15(21-22)13-7-9-14(10-8-13)23(24)25/h4-12H,1-3H3,(H,19,20). The molecule has 7 nitrogen and oxygen atoms in total. The topological polar surface area (TPSA) is 85.9 Å². The number of nitro benzene ring substituents is 1. The number of aromatic nitrogens is 3. The van der Waals surface area contributed by atoms with E-state index in [9.17, 15) is 10.1 Å². The highest BCUT2D eigenvalue weighted by molar-refractivity contribution is 5.66. The Balaban J connectivity index is 1.99. The van der Waals surface area contributed by atoms with Gasteiger partial charge in [0, 0.05) is 30.0 Å². The fourth-order valence-corrected chi connectivity index (χ4v) is 2.44. The first-order valence-corrected chi connectivity index (χ1v) is 7.88. The quantitative estimate of drug-likeness (QED) is 0.565. The molecule has 0 amide bonds. The van der Waals surface area contributed by atoms with Crippen molar-refractivity contribution in [3.63, 3.8) is 0 Å². The normalized spacial score (nSPS) is 11.3. The SMILES string of the molecule is CC(C)(C)n1nc(-c2ccc([N+](=O)[O-])cc2)cc1Nc1ccccn1. The first kappa shape index (κ1) is 16.6. The second-order valence-electron chi connectivity index (χ2n) is 6.64. The van der Waals surface area contributed by atoms with Gasteiger partial charge in [-0.1, -0.05) is 6.07 Å². The molecule has 0 radical (unpaired) electrons. The van der Waals surface area contributed by atoms with Crippen molar-refractivity contribution in [1.29, 1.82) is 0 Å². The summed E-state index contributed by atoms with van der Waals surface area (Å²) in [6, 6.07) is 13.9. The zero-order chi connectivity index (χ0) is 18.0. The molecule has 0 saturated heterocycles. The van der Waals surface area contributed by atoms with Crippen LogP contribution in [0, 0.1) is 10.1 Å². The third-order valence-electron chi connectivity index (χ3n) is 3.64. The monoisotopic (exact) mass is 337 g/mol. The molecule has 0 bridgehead atoms. The maximum Gasteiger partial charge on any atom is 0.269 e. The summed E-state index contributed by atoms with van der Waals surface area (Å²) in [4.78, 5) is 14.7. The van der Waals surface area contributed by atoms with Gasteiger partial charge in [0.05, 0.1) is 16.2 Å². The Morgan fingerprint density at radius 1 is 1.12 bits per heavy atom. The number of nitrogens with one attached hydrogen (secondary N) is 1. The molecular weight excluding hydrogens is 318 g/mol. The van der Waals surface area contributed by atoms with Gasteiger partial charge < -0.3 is 5.32 Å². The summed E-state index contributed by atoms with van der Waals surface area (Å²) in [5.74, 6) is 1.53. The van der Waals surface area contributed by atoms with E-state index in [2.05, 4.69) is 36.2 Å². The van der Waals surface area contributed by atoms with Crippen LogP contribution in [0.3, 0.4) is 0 Å². The van der Waals surface area contributed by atoms with Gasteiger partial charge in [0.25, 0.3) is 5.69 Å². The predicted molar refractivity (Wildman–Crippen MR) is 96.8 cm³/mol. The van der Waals surface area contributed by atoms with Crippen molar-refractivity contribution in [2.45, 2.75) is 26.3 Å². The molecule has 0 spiro atoms. The molecule has 0 atom stereocenters. The van der Waals surface area contributed by atoms with E-state index in [1.54, 1.807) is 18.3 Å². The number of benzene rings is 1. The van der Waals surface area contributed by atoms with Crippen molar-refractivity contribution in [2.24, 2.45) is 0 Å². The fourth-order valence-electron chi connectivity index (χ4n) is 2.44. The number of anilines is 2. The Morgan fingerprint density at radius 2 is 1.84 bits per heavy atom. The van der Waals surface area contributed by atoms with Gasteiger partial charge in [-0.3, -0.25) is 10.1 Å². The molecule has 0 aliphatic heterocycles. The van der Waals surface area contributed by atoms with E-state index in [4.69, 9.17) is 0 Å². The molecule has 0 aliphatic carbocycles. The van der Waals surface area contributed by atoms with Gasteiger partial charge >= 0.3 is 0 Å². The zero-order valence-corrected chi connectivity index (χ0v) is 14.3. The third kappa shape index (κ3) is 3.65. The van der Waals surface area contributed by atoms with Crippen LogP contribution in [0.15, 0.2) is 54.7 Å². The second kappa shape index (κ2) is 6.35. The summed E-state index contributed by atoms with van der Waals surface area (Å²) < 4.78 is 1.89. The van der Waals surface area contributed by atoms with Crippen LogP contribution in [0.25, 0.3) is 11.3 Å². The van der Waals surface area contributed by atoms with Crippen molar-refractivity contribution in [3.05, 3.63) is 64.8 Å². The number of hydrogen-bond acceptors (Lipinski definition) is 5. The van der Waals surface area contributed by atoms with Gasteiger partial charge in [-0.2, -0.15) is 5.10 Å². The van der Waals surface area contributed by atoms with Crippen LogP contribution in [0.1, 0.15) is 20.8 Å². The first-order valence-electron chi connectivity index (χ1n) is 7.88. The van der Waals surface area contributed by atoms with E-state index >= 15 is 0 Å². The van der Waals surface area contributed by atoms with E-state index in [0.29, 0.717) is 0 Å². The summed E-state index contributed by atoms with van der Waals surface area (Å²) in [6.45, 7) is 6.18. The maximum atomic E-state index is 10.8. The van der Waals surface area contributed by atoms with Crippen molar-refractivity contribution < 1.29 is 4.92 Å². The fraction of sp³-hybridized carbons (Fsp3) is 0.222. The molecule has 3 aromatic rings. The number of nitrogens with zero attached hydrogens (tertiary/aromatic N) is 4. The van der Waals surface area contributed by atoms with E-state index in [0.717, 1.165) is 22.9 Å². The van der Waals surface area contributed by atoms with Crippen molar-refractivity contribution in [1.82, 2.24) is 14.8 Å². The Hall–Kier alpha value is -3.22. The molecule has 2 aromatic heterocycles. The highest BCUT2D eigenvalue weighted by Crippen LogP contribution is 2.29. The minimum atomic E-state index is -0.411. The highest BCUT2D eigenvalue weighted by Gasteiger charge is 2.21. The molecular formula is C18H19N5O2. The largest absolute Gasteiger partial charge is 0.325 e. The molecule has 2 heterocycles. The van der Waals surface area contributed by atoms with E-state index < -0.39 is 4.92 Å². The van der Waals surface area contributed by atoms with Crippen LogP contribution >= 0.6 is 0 Å². The number of nitro groups is 1. The van der Waals surface area contributed by atoms with E-state index in [1.165, 1.54) is 12.1 Å². The van der Waals surface area contributed by atoms with Gasteiger partial charge in [-0.25, -0.2) is 9.67 Å². The summed E-state index contributed by atoms with van der Waals surface area (Å²) in [7, 11) is 0. The first-order chi connectivity index (χ1) is 11.8. The lowest BCUT2D eigenvalue weighted by atomic mass is 10.1. The number of rotatable bonds is 4. The number of non-ortho nitro benzene ring substituents is 1. The Labute approximate surface area is 145 Å². The van der Waals surface area contributed by atoms with Crippen LogP contribution < -0.4 is 5.32 Å². The summed E-state index contributed by atoms with van der Waals surface area (Å²) in [5, 5.41) is 18.8. The molecule has 128 valence electrons. The molecule has 1 aromatic carbocycles. The average molecular weight is 337 g/mol. The van der Waals surface area contributed by atoms with Crippen LogP contribution in [-0.2, 0) is 5.54 Å². The van der Waals surface area contributed by atoms with Crippen molar-refractivity contribution in [2.75, 3.05) is 5.32 Å². The van der Waals surface area contributed by atoms with Crippen LogP contribution in [0.5, 0.6) is 0 Å². The molecule has 0 unspecified atom stereocenters. The lowest BCUT2D eigenvalue weighted by Crippen LogP contribution is -2.24. The number of hydrogen-bond donors (Lipinski definition) is 1. The van der Waals surface area contributed by atoms with Gasteiger partial charge in [0.2, 0.25) is 0 Å². The Kier molecular flexibility index (Phi) is 4.22. The summed E-state index contributed by atoms with van der Waals surface area (Å²) in [6.07, 6.45) is 1.72. The lowest BCUT2D eigenvalue weighted by Gasteiger charge is -2.22. The van der Waals surface area contributed by atoms with Gasteiger partial charge in [-0.15, -0.1) is 0 Å². The van der Waals surface area contributed by atoms with Crippen LogP contribution in [0.4, 0.5) is 17.3 Å². The molecule has 7 heteroatoms. The van der Waals surface area contributed by atoms with Crippen LogP contribution in [-0.4, -0.2) is 19.7 Å². The third-order valence-corrected chi connectivity index (χ3v) is 3.64. The average Bonchev–Trinajstić information content (AvgIpc) is 3.00. The molecule has 0 aliphatic rings. The number of pyridine rings is 1. The minimum absolute atomic E-state index is 0.0610. The minimum Gasteiger partial charge on any atom is -0.325 e. The highest BCUT2D eigenvalue weighted by atomic mass is 16.6. The summed E-state index contributed by atoms with van der Waals surface area (Å²) >= 11 is 0. The van der Waals surface area contributed by atoms with Gasteiger partial charge in [-0.05, 0) is 45.0 Å². The Bertz CT molecular complexity index is 880. The van der Waals surface area contributed by atoms with E-state index in [-0.39, 0.29) is 11.2 Å². The lowest BCUT2D eigenvalue weighted by molar-refractivity contribution is -0.384. The van der Waals surface area contributed by atoms with Gasteiger partial charge in [0.1, 0.15) is 11.6 Å². The molecule has 25 heavy (non-hydrogen) atoms. The maximum absolute atomic E-state index is 10.8.